The maximum atomic E-state index is 13.0. The van der Waals surface area contributed by atoms with Crippen molar-refractivity contribution in [3.63, 3.8) is 0 Å². The van der Waals surface area contributed by atoms with Crippen LogP contribution >= 0.6 is 22.7 Å². The van der Waals surface area contributed by atoms with Crippen LogP contribution in [0.4, 0.5) is 0 Å². The Hall–Kier alpha value is -1.21. The van der Waals surface area contributed by atoms with Gasteiger partial charge in [0.15, 0.2) is 0 Å². The van der Waals surface area contributed by atoms with Gasteiger partial charge in [-0.15, -0.1) is 22.7 Å². The minimum Gasteiger partial charge on any atom is -0.334 e. The summed E-state index contributed by atoms with van der Waals surface area (Å²) in [7, 11) is 0. The maximum Gasteiger partial charge on any atom is 0.237 e. The van der Waals surface area contributed by atoms with Crippen molar-refractivity contribution in [3.05, 3.63) is 44.3 Å². The molecule has 2 aliphatic rings. The maximum absolute atomic E-state index is 13.0. The van der Waals surface area contributed by atoms with Crippen molar-refractivity contribution in [1.29, 1.82) is 0 Å². The third kappa shape index (κ3) is 3.88. The summed E-state index contributed by atoms with van der Waals surface area (Å²) in [6.07, 6.45) is 2.02. The molecule has 6 heteroatoms. The van der Waals surface area contributed by atoms with Crippen molar-refractivity contribution < 1.29 is 4.79 Å². The number of fused-ring (bicyclic) bond motifs is 1. The fourth-order valence-corrected chi connectivity index (χ4v) is 5.82. The van der Waals surface area contributed by atoms with Crippen LogP contribution in [-0.4, -0.2) is 59.9 Å². The SMILES string of the molecule is CCC1c2ccsc2CCN1C(=O)CN1CCN(Cc2cccs2)CC1. The lowest BCUT2D eigenvalue weighted by Gasteiger charge is -2.39. The molecule has 0 aromatic carbocycles. The minimum absolute atomic E-state index is 0.276. The van der Waals surface area contributed by atoms with Crippen molar-refractivity contribution >= 4 is 28.6 Å². The number of rotatable bonds is 5. The number of piperazine rings is 1. The van der Waals surface area contributed by atoms with Crippen LogP contribution in [0.5, 0.6) is 0 Å². The summed E-state index contributed by atoms with van der Waals surface area (Å²) in [5.74, 6) is 0.306. The molecule has 1 atom stereocenters. The van der Waals surface area contributed by atoms with E-state index in [1.54, 1.807) is 0 Å². The molecule has 2 aromatic heterocycles. The minimum atomic E-state index is 0.276. The average Bonchev–Trinajstić information content (AvgIpc) is 3.33. The van der Waals surface area contributed by atoms with Gasteiger partial charge in [0.25, 0.3) is 0 Å². The highest BCUT2D eigenvalue weighted by Crippen LogP contribution is 2.35. The summed E-state index contributed by atoms with van der Waals surface area (Å²) >= 11 is 3.67. The van der Waals surface area contributed by atoms with Gasteiger partial charge in [0.1, 0.15) is 0 Å². The summed E-state index contributed by atoms with van der Waals surface area (Å²) in [5, 5.41) is 4.32. The van der Waals surface area contributed by atoms with Crippen LogP contribution in [-0.2, 0) is 17.8 Å². The van der Waals surface area contributed by atoms with Crippen molar-refractivity contribution in [2.75, 3.05) is 39.3 Å². The molecule has 4 heterocycles. The second-order valence-corrected chi connectivity index (χ2v) is 9.22. The fourth-order valence-electron chi connectivity index (χ4n) is 4.15. The average molecular weight is 390 g/mol. The number of carbonyl (C=O) groups is 1. The second kappa shape index (κ2) is 8.21. The van der Waals surface area contributed by atoms with Crippen LogP contribution in [0.3, 0.4) is 0 Å². The molecule has 4 rings (SSSR count). The normalized spacial score (nSPS) is 21.7. The summed E-state index contributed by atoms with van der Waals surface area (Å²) < 4.78 is 0. The molecule has 0 aliphatic carbocycles. The zero-order valence-corrected chi connectivity index (χ0v) is 17.0. The smallest absolute Gasteiger partial charge is 0.237 e. The predicted octanol–water partition coefficient (Wildman–Crippen LogP) is 3.46. The summed E-state index contributed by atoms with van der Waals surface area (Å²) in [6.45, 7) is 8.78. The molecule has 26 heavy (non-hydrogen) atoms. The largest absolute Gasteiger partial charge is 0.334 e. The molecule has 4 nitrogen and oxygen atoms in total. The quantitative estimate of drug-likeness (QED) is 0.783. The summed E-state index contributed by atoms with van der Waals surface area (Å²) in [6, 6.07) is 6.83. The van der Waals surface area contributed by atoms with E-state index in [0.717, 1.165) is 52.1 Å². The van der Waals surface area contributed by atoms with E-state index >= 15 is 0 Å². The molecule has 0 N–H and O–H groups in total. The Morgan fingerprint density at radius 3 is 2.62 bits per heavy atom. The molecule has 140 valence electrons. The number of thiophene rings is 2. The molecular formula is C20H27N3OS2. The van der Waals surface area contributed by atoms with Gasteiger partial charge >= 0.3 is 0 Å². The second-order valence-electron chi connectivity index (χ2n) is 7.19. The number of nitrogens with zero attached hydrogens (tertiary/aromatic N) is 3. The van der Waals surface area contributed by atoms with E-state index < -0.39 is 0 Å². The van der Waals surface area contributed by atoms with E-state index in [1.807, 2.05) is 22.7 Å². The molecule has 2 aromatic rings. The Morgan fingerprint density at radius 2 is 1.88 bits per heavy atom. The highest BCUT2D eigenvalue weighted by Gasteiger charge is 2.31. The first-order chi connectivity index (χ1) is 12.7. The Bertz CT molecular complexity index is 719. The van der Waals surface area contributed by atoms with Gasteiger partial charge < -0.3 is 4.90 Å². The van der Waals surface area contributed by atoms with Crippen molar-refractivity contribution in [2.24, 2.45) is 0 Å². The molecule has 0 radical (unpaired) electrons. The predicted molar refractivity (Wildman–Crippen MR) is 109 cm³/mol. The van der Waals surface area contributed by atoms with Crippen LogP contribution in [0.15, 0.2) is 29.0 Å². The molecule has 1 saturated heterocycles. The van der Waals surface area contributed by atoms with Gasteiger partial charge in [-0.1, -0.05) is 13.0 Å². The zero-order valence-electron chi connectivity index (χ0n) is 15.4. The van der Waals surface area contributed by atoms with E-state index in [4.69, 9.17) is 0 Å². The molecule has 1 unspecified atom stereocenters. The number of hydrogen-bond acceptors (Lipinski definition) is 5. The van der Waals surface area contributed by atoms with E-state index in [1.165, 1.54) is 15.3 Å². The lowest BCUT2D eigenvalue weighted by Crippen LogP contribution is -2.50. The molecule has 0 bridgehead atoms. The summed E-state index contributed by atoms with van der Waals surface area (Å²) in [4.78, 5) is 22.9. The van der Waals surface area contributed by atoms with E-state index in [-0.39, 0.29) is 6.04 Å². The molecule has 1 fully saturated rings. The van der Waals surface area contributed by atoms with Gasteiger partial charge in [-0.25, -0.2) is 0 Å². The molecule has 1 amide bonds. The third-order valence-corrected chi connectivity index (χ3v) is 7.44. The summed E-state index contributed by atoms with van der Waals surface area (Å²) in [5.41, 5.74) is 1.39. The molecular weight excluding hydrogens is 362 g/mol. The molecule has 2 aliphatic heterocycles. The monoisotopic (exact) mass is 389 g/mol. The highest BCUT2D eigenvalue weighted by atomic mass is 32.1. The van der Waals surface area contributed by atoms with Gasteiger partial charge in [-0.2, -0.15) is 0 Å². The first-order valence-electron chi connectivity index (χ1n) is 9.57. The Kier molecular flexibility index (Phi) is 5.74. The van der Waals surface area contributed by atoms with Gasteiger partial charge in [-0.3, -0.25) is 14.6 Å². The van der Waals surface area contributed by atoms with E-state index in [0.29, 0.717) is 12.5 Å². The van der Waals surface area contributed by atoms with Gasteiger partial charge in [0.2, 0.25) is 5.91 Å². The highest BCUT2D eigenvalue weighted by molar-refractivity contribution is 7.10. The standard InChI is InChI=1S/C20H27N3OS2/c1-2-18-17-6-13-26-19(17)5-7-23(18)20(24)15-22-10-8-21(9-11-22)14-16-4-3-12-25-16/h3-4,6,12-13,18H,2,5,7-11,14-15H2,1H3. The van der Waals surface area contributed by atoms with Crippen LogP contribution in [0, 0.1) is 0 Å². The molecule has 0 spiro atoms. The Morgan fingerprint density at radius 1 is 1.08 bits per heavy atom. The van der Waals surface area contributed by atoms with Gasteiger partial charge in [0.05, 0.1) is 12.6 Å². The third-order valence-electron chi connectivity index (χ3n) is 5.59. The van der Waals surface area contributed by atoms with E-state index in [9.17, 15) is 4.79 Å². The Labute approximate surface area is 164 Å². The first-order valence-corrected chi connectivity index (χ1v) is 11.3. The lowest BCUT2D eigenvalue weighted by molar-refractivity contribution is -0.135. The zero-order chi connectivity index (χ0) is 17.9. The van der Waals surface area contributed by atoms with Crippen LogP contribution in [0.1, 0.15) is 34.7 Å². The van der Waals surface area contributed by atoms with Crippen LogP contribution in [0.2, 0.25) is 0 Å². The number of amides is 1. The van der Waals surface area contributed by atoms with Crippen molar-refractivity contribution in [1.82, 2.24) is 14.7 Å². The lowest BCUT2D eigenvalue weighted by atomic mass is 9.97. The van der Waals surface area contributed by atoms with Gasteiger partial charge in [-0.05, 0) is 41.3 Å². The van der Waals surface area contributed by atoms with Crippen LogP contribution < -0.4 is 0 Å². The van der Waals surface area contributed by atoms with Crippen molar-refractivity contribution in [2.45, 2.75) is 32.4 Å². The van der Waals surface area contributed by atoms with Gasteiger partial charge in [0, 0.05) is 49.0 Å². The van der Waals surface area contributed by atoms with E-state index in [2.05, 4.69) is 50.6 Å². The fraction of sp³-hybridized carbons (Fsp3) is 0.550. The number of hydrogen-bond donors (Lipinski definition) is 0. The van der Waals surface area contributed by atoms with Crippen molar-refractivity contribution in [3.8, 4) is 0 Å². The molecule has 0 saturated carbocycles. The Balaban J connectivity index is 1.30. The first kappa shape index (κ1) is 18.2. The number of carbonyl (C=O) groups excluding carboxylic acids is 1. The topological polar surface area (TPSA) is 26.8 Å². The van der Waals surface area contributed by atoms with Crippen LogP contribution in [0.25, 0.3) is 0 Å².